The predicted molar refractivity (Wildman–Crippen MR) is 87.6 cm³/mol. The highest BCUT2D eigenvalue weighted by atomic mass is 32.1. The first-order valence-corrected chi connectivity index (χ1v) is 8.20. The highest BCUT2D eigenvalue weighted by molar-refractivity contribution is 7.12. The first-order chi connectivity index (χ1) is 10.7. The maximum atomic E-state index is 12.8. The number of ketones is 1. The van der Waals surface area contributed by atoms with Crippen LogP contribution in [-0.4, -0.2) is 54.7 Å². The van der Waals surface area contributed by atoms with Crippen LogP contribution in [-0.2, 0) is 0 Å². The molecule has 5 heteroatoms. The highest BCUT2D eigenvalue weighted by Gasteiger charge is 2.24. The van der Waals surface area contributed by atoms with Gasteiger partial charge >= 0.3 is 0 Å². The molecule has 1 aliphatic rings. The van der Waals surface area contributed by atoms with Crippen molar-refractivity contribution in [3.63, 3.8) is 0 Å². The summed E-state index contributed by atoms with van der Waals surface area (Å²) in [5.41, 5.74) is 0.999. The first kappa shape index (κ1) is 14.9. The van der Waals surface area contributed by atoms with E-state index >= 15 is 0 Å². The Hall–Kier alpha value is -1.98. The lowest BCUT2D eigenvalue weighted by molar-refractivity contribution is 0.0661. The average Bonchev–Trinajstić information content (AvgIpc) is 3.09. The van der Waals surface area contributed by atoms with E-state index in [1.165, 1.54) is 11.3 Å². The maximum Gasteiger partial charge on any atom is 0.254 e. The Kier molecular flexibility index (Phi) is 4.36. The van der Waals surface area contributed by atoms with Crippen LogP contribution >= 0.6 is 11.3 Å². The molecule has 3 rings (SSSR count). The number of piperazine rings is 1. The van der Waals surface area contributed by atoms with Gasteiger partial charge < -0.3 is 9.80 Å². The van der Waals surface area contributed by atoms with Gasteiger partial charge in [0.25, 0.3) is 5.91 Å². The Bertz CT molecular complexity index is 674. The number of amides is 1. The molecule has 0 aliphatic carbocycles. The van der Waals surface area contributed by atoms with Gasteiger partial charge in [0, 0.05) is 31.7 Å². The van der Waals surface area contributed by atoms with Crippen molar-refractivity contribution in [1.29, 1.82) is 0 Å². The van der Waals surface area contributed by atoms with Crippen LogP contribution in [0, 0.1) is 0 Å². The van der Waals surface area contributed by atoms with E-state index in [4.69, 9.17) is 0 Å². The molecule has 1 fully saturated rings. The molecule has 4 nitrogen and oxygen atoms in total. The zero-order chi connectivity index (χ0) is 15.5. The highest BCUT2D eigenvalue weighted by Crippen LogP contribution is 2.20. The van der Waals surface area contributed by atoms with Gasteiger partial charge in [0.05, 0.1) is 10.4 Å². The molecule has 0 N–H and O–H groups in total. The average molecular weight is 314 g/mol. The Morgan fingerprint density at radius 1 is 0.955 bits per heavy atom. The third-order valence-corrected chi connectivity index (χ3v) is 4.81. The third-order valence-electron chi connectivity index (χ3n) is 3.94. The SMILES string of the molecule is CN1CCN(C(=O)c2ccccc2C(=O)c2cccs2)CC1. The molecule has 0 atom stereocenters. The van der Waals surface area contributed by atoms with E-state index in [0.717, 1.165) is 13.1 Å². The van der Waals surface area contributed by atoms with Crippen molar-refractivity contribution >= 4 is 23.0 Å². The van der Waals surface area contributed by atoms with E-state index in [1.807, 2.05) is 28.5 Å². The normalized spacial score (nSPS) is 15.8. The molecule has 0 bridgehead atoms. The maximum absolute atomic E-state index is 12.8. The van der Waals surface area contributed by atoms with Gasteiger partial charge in [-0.05, 0) is 24.6 Å². The van der Waals surface area contributed by atoms with E-state index in [9.17, 15) is 9.59 Å². The van der Waals surface area contributed by atoms with Crippen molar-refractivity contribution in [2.24, 2.45) is 0 Å². The largest absolute Gasteiger partial charge is 0.336 e. The number of nitrogens with zero attached hydrogens (tertiary/aromatic N) is 2. The van der Waals surface area contributed by atoms with E-state index < -0.39 is 0 Å². The van der Waals surface area contributed by atoms with E-state index in [1.54, 1.807) is 18.2 Å². The summed E-state index contributed by atoms with van der Waals surface area (Å²) >= 11 is 1.40. The molecule has 0 spiro atoms. The molecular formula is C17H18N2O2S. The van der Waals surface area contributed by atoms with Gasteiger partial charge in [-0.1, -0.05) is 24.3 Å². The molecule has 114 valence electrons. The molecule has 0 unspecified atom stereocenters. The summed E-state index contributed by atoms with van der Waals surface area (Å²) in [6.07, 6.45) is 0. The summed E-state index contributed by atoms with van der Waals surface area (Å²) in [4.78, 5) is 30.1. The molecule has 2 heterocycles. The molecule has 1 aliphatic heterocycles. The molecule has 2 aromatic rings. The Morgan fingerprint density at radius 3 is 2.27 bits per heavy atom. The van der Waals surface area contributed by atoms with E-state index in [-0.39, 0.29) is 11.7 Å². The minimum atomic E-state index is -0.0759. The lowest BCUT2D eigenvalue weighted by Crippen LogP contribution is -2.47. The summed E-state index contributed by atoms with van der Waals surface area (Å²) in [5, 5.41) is 1.87. The molecule has 1 aromatic heterocycles. The fraction of sp³-hybridized carbons (Fsp3) is 0.294. The Balaban J connectivity index is 1.88. The summed E-state index contributed by atoms with van der Waals surface area (Å²) in [5.74, 6) is -0.123. The first-order valence-electron chi connectivity index (χ1n) is 7.32. The second kappa shape index (κ2) is 6.42. The Morgan fingerprint density at radius 2 is 1.64 bits per heavy atom. The van der Waals surface area contributed by atoms with E-state index in [2.05, 4.69) is 11.9 Å². The van der Waals surface area contributed by atoms with Crippen molar-refractivity contribution in [1.82, 2.24) is 9.80 Å². The number of carbonyl (C=O) groups is 2. The minimum Gasteiger partial charge on any atom is -0.336 e. The van der Waals surface area contributed by atoms with Crippen LogP contribution in [0.15, 0.2) is 41.8 Å². The zero-order valence-electron chi connectivity index (χ0n) is 12.5. The van der Waals surface area contributed by atoms with Gasteiger partial charge in [0.2, 0.25) is 5.78 Å². The van der Waals surface area contributed by atoms with Crippen LogP contribution in [0.1, 0.15) is 25.6 Å². The topological polar surface area (TPSA) is 40.6 Å². The summed E-state index contributed by atoms with van der Waals surface area (Å²) in [6, 6.07) is 10.8. The fourth-order valence-electron chi connectivity index (χ4n) is 2.59. The fourth-order valence-corrected chi connectivity index (χ4v) is 3.27. The van der Waals surface area contributed by atoms with Crippen molar-refractivity contribution in [2.45, 2.75) is 0 Å². The Labute approximate surface area is 134 Å². The smallest absolute Gasteiger partial charge is 0.254 e. The van der Waals surface area contributed by atoms with E-state index in [0.29, 0.717) is 29.1 Å². The van der Waals surface area contributed by atoms with Crippen molar-refractivity contribution in [3.8, 4) is 0 Å². The molecular weight excluding hydrogens is 296 g/mol. The number of hydrogen-bond donors (Lipinski definition) is 0. The third kappa shape index (κ3) is 2.96. The van der Waals surface area contributed by atoms with Crippen molar-refractivity contribution in [2.75, 3.05) is 33.2 Å². The van der Waals surface area contributed by atoms with Gasteiger partial charge in [-0.15, -0.1) is 11.3 Å². The van der Waals surface area contributed by atoms with Gasteiger partial charge in [0.15, 0.2) is 0 Å². The van der Waals surface area contributed by atoms with Crippen LogP contribution in [0.25, 0.3) is 0 Å². The van der Waals surface area contributed by atoms with Crippen LogP contribution < -0.4 is 0 Å². The second-order valence-corrected chi connectivity index (χ2v) is 6.40. The number of likely N-dealkylation sites (N-methyl/N-ethyl adjacent to an activating group) is 1. The van der Waals surface area contributed by atoms with Gasteiger partial charge in [0.1, 0.15) is 0 Å². The molecule has 1 amide bonds. The number of carbonyl (C=O) groups excluding carboxylic acids is 2. The van der Waals surface area contributed by atoms with Crippen molar-refractivity contribution in [3.05, 3.63) is 57.8 Å². The molecule has 1 saturated heterocycles. The number of thiophene rings is 1. The standard InChI is InChI=1S/C17H18N2O2S/c1-18-8-10-19(11-9-18)17(21)14-6-3-2-5-13(14)16(20)15-7-4-12-22-15/h2-7,12H,8-11H2,1H3. The lowest BCUT2D eigenvalue weighted by atomic mass is 10.0. The van der Waals surface area contributed by atoms with Crippen LogP contribution in [0.4, 0.5) is 0 Å². The van der Waals surface area contributed by atoms with Gasteiger partial charge in [-0.25, -0.2) is 0 Å². The van der Waals surface area contributed by atoms with Gasteiger partial charge in [-0.2, -0.15) is 0 Å². The number of rotatable bonds is 3. The van der Waals surface area contributed by atoms with Crippen LogP contribution in [0.3, 0.4) is 0 Å². The molecule has 0 saturated carbocycles. The predicted octanol–water partition coefficient (Wildman–Crippen LogP) is 2.37. The quantitative estimate of drug-likeness (QED) is 0.817. The molecule has 22 heavy (non-hydrogen) atoms. The van der Waals surface area contributed by atoms with Gasteiger partial charge in [-0.3, -0.25) is 9.59 Å². The molecule has 0 radical (unpaired) electrons. The summed E-state index contributed by atoms with van der Waals surface area (Å²) in [7, 11) is 2.05. The number of benzene rings is 1. The number of hydrogen-bond acceptors (Lipinski definition) is 4. The van der Waals surface area contributed by atoms with Crippen LogP contribution in [0.5, 0.6) is 0 Å². The minimum absolute atomic E-state index is 0.0476. The molecule has 1 aromatic carbocycles. The van der Waals surface area contributed by atoms with Crippen LogP contribution in [0.2, 0.25) is 0 Å². The second-order valence-electron chi connectivity index (χ2n) is 5.45. The lowest BCUT2D eigenvalue weighted by Gasteiger charge is -2.32. The summed E-state index contributed by atoms with van der Waals surface area (Å²) in [6.45, 7) is 3.15. The zero-order valence-corrected chi connectivity index (χ0v) is 13.3. The summed E-state index contributed by atoms with van der Waals surface area (Å²) < 4.78 is 0. The van der Waals surface area contributed by atoms with Crippen molar-refractivity contribution < 1.29 is 9.59 Å². The monoisotopic (exact) mass is 314 g/mol.